The summed E-state index contributed by atoms with van der Waals surface area (Å²) in [5.41, 5.74) is 0. The molecule has 0 spiro atoms. The van der Waals surface area contributed by atoms with E-state index in [1.54, 1.807) is 7.11 Å². The molecule has 0 aromatic heterocycles. The fourth-order valence-corrected chi connectivity index (χ4v) is 4.01. The van der Waals surface area contributed by atoms with Gasteiger partial charge in [0.15, 0.2) is 0 Å². The second-order valence-corrected chi connectivity index (χ2v) is 9.93. The Morgan fingerprint density at radius 2 is 1.12 bits per heavy atom. The zero-order valence-electron chi connectivity index (χ0n) is 22.8. The van der Waals surface area contributed by atoms with Crippen LogP contribution in [0.5, 0.6) is 0 Å². The van der Waals surface area contributed by atoms with E-state index in [-0.39, 0.29) is 18.5 Å². The minimum atomic E-state index is -0.670. The molecule has 0 aliphatic carbocycles. The highest BCUT2D eigenvalue weighted by Gasteiger charge is 2.24. The molecule has 0 aromatic rings. The predicted molar refractivity (Wildman–Crippen MR) is 140 cm³/mol. The van der Waals surface area contributed by atoms with Crippen molar-refractivity contribution >= 4 is 12.1 Å². The van der Waals surface area contributed by atoms with Gasteiger partial charge in [-0.3, -0.25) is 0 Å². The van der Waals surface area contributed by atoms with Crippen molar-refractivity contribution in [3.05, 3.63) is 0 Å². The summed E-state index contributed by atoms with van der Waals surface area (Å²) in [5, 5.41) is 2.62. The molecule has 0 aromatic carbocycles. The Bertz CT molecular complexity index is 470. The highest BCUT2D eigenvalue weighted by molar-refractivity contribution is 5.81. The number of rotatable bonds is 24. The van der Waals surface area contributed by atoms with Crippen molar-refractivity contribution in [1.82, 2.24) is 5.32 Å². The number of alkyl carbamates (subject to hydrolysis) is 1. The molecule has 202 valence electrons. The lowest BCUT2D eigenvalue weighted by Crippen LogP contribution is -2.43. The molecule has 0 aliphatic rings. The Hall–Kier alpha value is -1.30. The number of unbranched alkanes of at least 4 members (excludes halogenated alkanes) is 15. The first-order chi connectivity index (χ1) is 16.5. The molecular weight excluding hydrogens is 430 g/mol. The number of hydrogen-bond donors (Lipinski definition) is 1. The fourth-order valence-electron chi connectivity index (χ4n) is 4.01. The standard InChI is InChI=1S/C28H55NO5/c1-5-6-7-8-9-10-11-12-13-14-15-16-17-18-19-20-21-33-27(30)26(24-25(2)3)29-28(31)34-23-22-32-4/h25-26H,5-24H2,1-4H3,(H,29,31). The molecule has 6 nitrogen and oxygen atoms in total. The summed E-state index contributed by atoms with van der Waals surface area (Å²) < 4.78 is 15.3. The van der Waals surface area contributed by atoms with E-state index in [0.29, 0.717) is 19.6 Å². The molecule has 1 N–H and O–H groups in total. The molecule has 0 saturated heterocycles. The van der Waals surface area contributed by atoms with E-state index in [2.05, 4.69) is 12.2 Å². The van der Waals surface area contributed by atoms with Crippen LogP contribution in [0.2, 0.25) is 0 Å². The number of amides is 1. The van der Waals surface area contributed by atoms with E-state index in [1.807, 2.05) is 13.8 Å². The first kappa shape index (κ1) is 32.7. The van der Waals surface area contributed by atoms with Gasteiger partial charge in [0.25, 0.3) is 0 Å². The number of nitrogens with one attached hydrogen (secondary N) is 1. The molecule has 34 heavy (non-hydrogen) atoms. The van der Waals surface area contributed by atoms with Crippen molar-refractivity contribution in [2.24, 2.45) is 5.92 Å². The lowest BCUT2D eigenvalue weighted by atomic mass is 10.0. The number of ether oxygens (including phenoxy) is 3. The van der Waals surface area contributed by atoms with Crippen LogP contribution < -0.4 is 5.32 Å². The third-order valence-electron chi connectivity index (χ3n) is 6.05. The van der Waals surface area contributed by atoms with Crippen LogP contribution in [-0.4, -0.2) is 45.0 Å². The lowest BCUT2D eigenvalue weighted by molar-refractivity contribution is -0.146. The van der Waals surface area contributed by atoms with Gasteiger partial charge in [0.05, 0.1) is 13.2 Å². The summed E-state index contributed by atoms with van der Waals surface area (Å²) in [6, 6.07) is -0.670. The molecule has 0 saturated carbocycles. The molecule has 0 rings (SSSR count). The number of carbonyl (C=O) groups excluding carboxylic acids is 2. The van der Waals surface area contributed by atoms with Crippen LogP contribution in [0, 0.1) is 5.92 Å². The van der Waals surface area contributed by atoms with Gasteiger partial charge in [-0.2, -0.15) is 0 Å². The summed E-state index contributed by atoms with van der Waals surface area (Å²) in [5.74, 6) is -0.120. The van der Waals surface area contributed by atoms with Crippen molar-refractivity contribution in [2.75, 3.05) is 26.9 Å². The minimum Gasteiger partial charge on any atom is -0.464 e. The summed E-state index contributed by atoms with van der Waals surface area (Å²) in [4.78, 5) is 24.2. The number of methoxy groups -OCH3 is 1. The molecular formula is C28H55NO5. The zero-order valence-corrected chi connectivity index (χ0v) is 22.8. The maximum atomic E-state index is 12.4. The van der Waals surface area contributed by atoms with Gasteiger partial charge in [-0.15, -0.1) is 0 Å². The smallest absolute Gasteiger partial charge is 0.407 e. The van der Waals surface area contributed by atoms with Gasteiger partial charge in [-0.05, 0) is 18.8 Å². The Balaban J connectivity index is 3.64. The van der Waals surface area contributed by atoms with E-state index in [1.165, 1.54) is 89.9 Å². The average molecular weight is 486 g/mol. The van der Waals surface area contributed by atoms with Gasteiger partial charge in [-0.1, -0.05) is 117 Å². The van der Waals surface area contributed by atoms with Crippen molar-refractivity contribution in [2.45, 2.75) is 136 Å². The molecule has 0 fully saturated rings. The topological polar surface area (TPSA) is 73.9 Å². The maximum absolute atomic E-state index is 12.4. The SMILES string of the molecule is CCCCCCCCCCCCCCCCCCOC(=O)C(CC(C)C)NC(=O)OCCOC. The van der Waals surface area contributed by atoms with Gasteiger partial charge in [-0.25, -0.2) is 9.59 Å². The molecule has 0 radical (unpaired) electrons. The van der Waals surface area contributed by atoms with Gasteiger partial charge in [0.1, 0.15) is 12.6 Å². The monoisotopic (exact) mass is 485 g/mol. The van der Waals surface area contributed by atoms with Crippen LogP contribution in [0.25, 0.3) is 0 Å². The fraction of sp³-hybridized carbons (Fsp3) is 0.929. The molecule has 1 atom stereocenters. The highest BCUT2D eigenvalue weighted by Crippen LogP contribution is 2.14. The summed E-state index contributed by atoms with van der Waals surface area (Å²) >= 11 is 0. The molecule has 1 amide bonds. The molecule has 1 unspecified atom stereocenters. The van der Waals surface area contributed by atoms with Crippen LogP contribution in [0.1, 0.15) is 130 Å². The lowest BCUT2D eigenvalue weighted by Gasteiger charge is -2.19. The third kappa shape index (κ3) is 22.5. The van der Waals surface area contributed by atoms with Crippen molar-refractivity contribution in [1.29, 1.82) is 0 Å². The van der Waals surface area contributed by atoms with Crippen molar-refractivity contribution in [3.63, 3.8) is 0 Å². The Kier molecular flexibility index (Phi) is 23.9. The van der Waals surface area contributed by atoms with E-state index in [0.717, 1.165) is 12.8 Å². The second-order valence-electron chi connectivity index (χ2n) is 9.93. The zero-order chi connectivity index (χ0) is 25.3. The van der Waals surface area contributed by atoms with Crippen LogP contribution in [0.15, 0.2) is 0 Å². The number of carbonyl (C=O) groups is 2. The molecule has 0 aliphatic heterocycles. The predicted octanol–water partition coefficient (Wildman–Crippen LogP) is 7.58. The number of hydrogen-bond acceptors (Lipinski definition) is 5. The average Bonchev–Trinajstić information content (AvgIpc) is 2.80. The van der Waals surface area contributed by atoms with Crippen molar-refractivity contribution in [3.8, 4) is 0 Å². The summed E-state index contributed by atoms with van der Waals surface area (Å²) in [7, 11) is 1.54. The van der Waals surface area contributed by atoms with Gasteiger partial charge < -0.3 is 19.5 Å². The molecule has 0 bridgehead atoms. The normalized spacial score (nSPS) is 12.0. The van der Waals surface area contributed by atoms with Gasteiger partial charge in [0.2, 0.25) is 0 Å². The largest absolute Gasteiger partial charge is 0.464 e. The van der Waals surface area contributed by atoms with E-state index in [4.69, 9.17) is 14.2 Å². The van der Waals surface area contributed by atoms with Gasteiger partial charge in [0, 0.05) is 7.11 Å². The summed E-state index contributed by atoms with van der Waals surface area (Å²) in [6.45, 7) is 7.18. The molecule has 6 heteroatoms. The Morgan fingerprint density at radius 3 is 1.56 bits per heavy atom. The first-order valence-electron chi connectivity index (χ1n) is 14.1. The Morgan fingerprint density at radius 1 is 0.647 bits per heavy atom. The van der Waals surface area contributed by atoms with E-state index < -0.39 is 12.1 Å². The van der Waals surface area contributed by atoms with Crippen LogP contribution >= 0.6 is 0 Å². The quantitative estimate of drug-likeness (QED) is 0.113. The van der Waals surface area contributed by atoms with Crippen LogP contribution in [0.3, 0.4) is 0 Å². The van der Waals surface area contributed by atoms with E-state index in [9.17, 15) is 9.59 Å². The molecule has 0 heterocycles. The van der Waals surface area contributed by atoms with Crippen LogP contribution in [0.4, 0.5) is 4.79 Å². The minimum absolute atomic E-state index is 0.158. The van der Waals surface area contributed by atoms with Crippen LogP contribution in [-0.2, 0) is 19.0 Å². The highest BCUT2D eigenvalue weighted by atomic mass is 16.6. The maximum Gasteiger partial charge on any atom is 0.407 e. The van der Waals surface area contributed by atoms with E-state index >= 15 is 0 Å². The summed E-state index contributed by atoms with van der Waals surface area (Å²) in [6.07, 6.45) is 20.9. The number of esters is 1. The first-order valence-corrected chi connectivity index (χ1v) is 14.1. The van der Waals surface area contributed by atoms with Crippen molar-refractivity contribution < 1.29 is 23.8 Å². The second kappa shape index (κ2) is 24.8. The third-order valence-corrected chi connectivity index (χ3v) is 6.05. The Labute approximate surface area is 210 Å². The van der Waals surface area contributed by atoms with Gasteiger partial charge >= 0.3 is 12.1 Å².